The third kappa shape index (κ3) is 3.72. The van der Waals surface area contributed by atoms with Crippen LogP contribution in [-0.4, -0.2) is 0 Å². The summed E-state index contributed by atoms with van der Waals surface area (Å²) in [6, 6.07) is 41.8. The fourth-order valence-electron chi connectivity index (χ4n) is 6.65. The van der Waals surface area contributed by atoms with Crippen LogP contribution in [0.25, 0.3) is 87.6 Å². The second-order valence-corrected chi connectivity index (χ2v) is 10.9. The molecular weight excluding hydrogens is 520 g/mol. The number of para-hydroxylation sites is 1. The summed E-state index contributed by atoms with van der Waals surface area (Å²) in [4.78, 5) is 0. The van der Waals surface area contributed by atoms with E-state index in [1.165, 1.54) is 0 Å². The molecule has 0 aliphatic rings. The molecule has 1 nitrogen and oxygen atoms in total. The summed E-state index contributed by atoms with van der Waals surface area (Å²) >= 11 is 0. The van der Waals surface area contributed by atoms with Crippen LogP contribution in [0.15, 0.2) is 162 Å². The van der Waals surface area contributed by atoms with Gasteiger partial charge in [-0.25, -0.2) is 0 Å². The highest BCUT2D eigenvalue weighted by Crippen LogP contribution is 2.46. The van der Waals surface area contributed by atoms with Crippen LogP contribution in [0.1, 0.15) is 6.85 Å². The molecule has 0 fully saturated rings. The van der Waals surface area contributed by atoms with Crippen molar-refractivity contribution in [2.24, 2.45) is 0 Å². The lowest BCUT2D eigenvalue weighted by molar-refractivity contribution is 0.669. The molecule has 0 atom stereocenters. The summed E-state index contributed by atoms with van der Waals surface area (Å²) in [6.45, 7) is 0. The summed E-state index contributed by atoms with van der Waals surface area (Å²) in [7, 11) is 0. The molecule has 0 saturated heterocycles. The van der Waals surface area contributed by atoms with E-state index in [0.717, 1.165) is 76.5 Å². The van der Waals surface area contributed by atoms with E-state index in [9.17, 15) is 0 Å². The smallest absolute Gasteiger partial charge is 0.136 e. The fourth-order valence-corrected chi connectivity index (χ4v) is 6.65. The van der Waals surface area contributed by atoms with Gasteiger partial charge in [0, 0.05) is 10.8 Å². The largest absolute Gasteiger partial charge is 0.456 e. The van der Waals surface area contributed by atoms with Crippen LogP contribution in [0.5, 0.6) is 0 Å². The van der Waals surface area contributed by atoms with Gasteiger partial charge in [-0.3, -0.25) is 0 Å². The van der Waals surface area contributed by atoms with E-state index >= 15 is 0 Å². The van der Waals surface area contributed by atoms with Crippen LogP contribution in [0.3, 0.4) is 0 Å². The van der Waals surface area contributed by atoms with Crippen molar-refractivity contribution in [2.75, 3.05) is 0 Å². The summed E-state index contributed by atoms with van der Waals surface area (Å²) in [5.74, 6) is 0. The van der Waals surface area contributed by atoms with Gasteiger partial charge < -0.3 is 4.42 Å². The highest BCUT2D eigenvalue weighted by Gasteiger charge is 2.19. The maximum atomic E-state index is 8.88. The number of benzene rings is 8. The first-order chi connectivity index (χ1) is 23.4. The summed E-state index contributed by atoms with van der Waals surface area (Å²) in [5, 5.41) is 7.88. The van der Waals surface area contributed by atoms with E-state index in [-0.39, 0.29) is 29.7 Å². The van der Waals surface area contributed by atoms with Crippen molar-refractivity contribution in [1.82, 2.24) is 0 Å². The van der Waals surface area contributed by atoms with Crippen molar-refractivity contribution in [3.05, 3.63) is 158 Å². The van der Waals surface area contributed by atoms with Crippen LogP contribution in [0, 0.1) is 0 Å². The van der Waals surface area contributed by atoms with E-state index in [1.807, 2.05) is 54.6 Å². The van der Waals surface area contributed by atoms with E-state index in [2.05, 4.69) is 72.8 Å². The van der Waals surface area contributed by atoms with Gasteiger partial charge >= 0.3 is 0 Å². The predicted octanol–water partition coefficient (Wildman–Crippen LogP) is 12.0. The molecule has 9 rings (SSSR count). The molecule has 0 amide bonds. The normalized spacial score (nSPS) is 13.3. The van der Waals surface area contributed by atoms with E-state index < -0.39 is 6.04 Å². The van der Waals surface area contributed by atoms with Crippen molar-refractivity contribution < 1.29 is 11.3 Å². The number of rotatable bonds is 3. The van der Waals surface area contributed by atoms with Gasteiger partial charge in [0.05, 0.1) is 6.85 Å². The molecule has 43 heavy (non-hydrogen) atoms. The molecule has 0 aliphatic carbocycles. The Morgan fingerprint density at radius 3 is 1.70 bits per heavy atom. The van der Waals surface area contributed by atoms with E-state index in [1.54, 1.807) is 0 Å². The lowest BCUT2D eigenvalue weighted by atomic mass is 9.84. The van der Waals surface area contributed by atoms with Gasteiger partial charge in [0.2, 0.25) is 0 Å². The molecule has 0 aliphatic heterocycles. The van der Waals surface area contributed by atoms with Crippen molar-refractivity contribution in [3.63, 3.8) is 0 Å². The molecule has 8 aromatic carbocycles. The maximum Gasteiger partial charge on any atom is 0.136 e. The van der Waals surface area contributed by atoms with Crippen molar-refractivity contribution in [3.8, 4) is 33.4 Å². The van der Waals surface area contributed by atoms with Crippen LogP contribution >= 0.6 is 0 Å². The Morgan fingerprint density at radius 1 is 0.395 bits per heavy atom. The Hall–Kier alpha value is -5.66. The average molecular weight is 552 g/mol. The zero-order valence-electron chi connectivity index (χ0n) is 28.0. The minimum Gasteiger partial charge on any atom is -0.456 e. The fraction of sp³-hybridized carbons (Fsp3) is 0. The van der Waals surface area contributed by atoms with Gasteiger partial charge in [-0.15, -0.1) is 0 Å². The molecule has 0 N–H and O–H groups in total. The van der Waals surface area contributed by atoms with Crippen LogP contribution < -0.4 is 0 Å². The quantitative estimate of drug-likeness (QED) is 0.199. The molecule has 0 radical (unpaired) electrons. The number of hydrogen-bond acceptors (Lipinski definition) is 1. The number of fused-ring (bicyclic) bond motifs is 6. The molecule has 200 valence electrons. The standard InChI is InChI=1S/C42H26O/c1-2-12-27(13-3-1)41-34-17-6-8-19-36(34)42(37-20-9-7-18-35(37)41)38-25-30(24-29-14-4-5-15-31(29)38)28-22-23-33-32-16-10-11-21-39(32)43-40(33)26-28/h1-26H/i1D,2D,3D,12D,13D. The molecule has 1 heteroatoms. The Labute approximate surface area is 256 Å². The van der Waals surface area contributed by atoms with Crippen molar-refractivity contribution in [2.45, 2.75) is 0 Å². The summed E-state index contributed by atoms with van der Waals surface area (Å²) in [6.07, 6.45) is 0. The number of furan rings is 1. The summed E-state index contributed by atoms with van der Waals surface area (Å²) < 4.78 is 49.1. The minimum atomic E-state index is -0.400. The SMILES string of the molecule is [2H]c1c([2H])c([2H])c(-c2c3ccccc3c(-c3cc(-c4ccc5c(c4)oc4ccccc45)cc4ccccc34)c3ccccc23)c([2H])c1[2H]. The third-order valence-corrected chi connectivity index (χ3v) is 8.52. The van der Waals surface area contributed by atoms with Crippen LogP contribution in [-0.2, 0) is 0 Å². The molecular formula is C42H26O. The van der Waals surface area contributed by atoms with Gasteiger partial charge in [0.1, 0.15) is 11.2 Å². The van der Waals surface area contributed by atoms with E-state index in [0.29, 0.717) is 5.56 Å². The first kappa shape index (κ1) is 19.5. The molecule has 1 heterocycles. The second kappa shape index (κ2) is 9.44. The van der Waals surface area contributed by atoms with Gasteiger partial charge in [0.15, 0.2) is 0 Å². The van der Waals surface area contributed by atoms with Gasteiger partial charge in [-0.05, 0) is 96.0 Å². The van der Waals surface area contributed by atoms with Gasteiger partial charge in [0.25, 0.3) is 0 Å². The Kier molecular flexibility index (Phi) is 4.27. The zero-order valence-corrected chi connectivity index (χ0v) is 23.0. The second-order valence-electron chi connectivity index (χ2n) is 10.9. The summed E-state index contributed by atoms with van der Waals surface area (Å²) in [5.41, 5.74) is 6.71. The van der Waals surface area contributed by atoms with Crippen LogP contribution in [0.4, 0.5) is 0 Å². The highest BCUT2D eigenvalue weighted by molar-refractivity contribution is 6.24. The van der Waals surface area contributed by atoms with Gasteiger partial charge in [-0.1, -0.05) is 127 Å². The molecule has 0 unspecified atom stereocenters. The third-order valence-electron chi connectivity index (χ3n) is 8.52. The molecule has 1 aromatic heterocycles. The van der Waals surface area contributed by atoms with E-state index in [4.69, 9.17) is 11.3 Å². The lowest BCUT2D eigenvalue weighted by Crippen LogP contribution is -1.92. The maximum absolute atomic E-state index is 8.88. The highest BCUT2D eigenvalue weighted by atomic mass is 16.3. The van der Waals surface area contributed by atoms with Crippen molar-refractivity contribution in [1.29, 1.82) is 0 Å². The van der Waals surface area contributed by atoms with Crippen molar-refractivity contribution >= 4 is 54.3 Å². The number of hydrogen-bond donors (Lipinski definition) is 0. The topological polar surface area (TPSA) is 13.1 Å². The Morgan fingerprint density at radius 2 is 0.977 bits per heavy atom. The molecule has 0 spiro atoms. The molecule has 0 bridgehead atoms. The molecule has 0 saturated carbocycles. The lowest BCUT2D eigenvalue weighted by Gasteiger charge is -2.19. The monoisotopic (exact) mass is 551 g/mol. The van der Waals surface area contributed by atoms with Crippen LogP contribution in [0.2, 0.25) is 0 Å². The zero-order chi connectivity index (χ0) is 32.7. The predicted molar refractivity (Wildman–Crippen MR) is 183 cm³/mol. The molecule has 9 aromatic rings. The minimum absolute atomic E-state index is 0.206. The Balaban J connectivity index is 1.38. The Bertz CT molecular complexity index is 2710. The van der Waals surface area contributed by atoms with Gasteiger partial charge in [-0.2, -0.15) is 0 Å². The average Bonchev–Trinajstić information content (AvgIpc) is 3.50. The first-order valence-electron chi connectivity index (χ1n) is 16.9. The first-order valence-corrected chi connectivity index (χ1v) is 14.4.